The van der Waals surface area contributed by atoms with Gasteiger partial charge < -0.3 is 10.2 Å². The summed E-state index contributed by atoms with van der Waals surface area (Å²) in [6, 6.07) is 1.78. The highest BCUT2D eigenvalue weighted by Crippen LogP contribution is 2.66. The molecule has 5 rings (SSSR count). The van der Waals surface area contributed by atoms with Crippen molar-refractivity contribution in [3.63, 3.8) is 0 Å². The maximum Gasteiger partial charge on any atom is 0.247 e. The molecule has 0 aliphatic heterocycles. The smallest absolute Gasteiger partial charge is 0.247 e. The van der Waals surface area contributed by atoms with Crippen molar-refractivity contribution >= 4 is 22.8 Å². The van der Waals surface area contributed by atoms with Gasteiger partial charge in [-0.05, 0) is 25.3 Å². The predicted octanol–water partition coefficient (Wildman–Crippen LogP) is 2.01. The van der Waals surface area contributed by atoms with E-state index in [1.54, 1.807) is 12.3 Å². The van der Waals surface area contributed by atoms with E-state index < -0.39 is 0 Å². The Labute approximate surface area is 96.8 Å². The molecule has 0 atom stereocenters. The van der Waals surface area contributed by atoms with Gasteiger partial charge in [-0.25, -0.2) is 9.97 Å². The number of aromatic nitrogens is 2. The zero-order valence-corrected chi connectivity index (χ0v) is 9.29. The van der Waals surface area contributed by atoms with Crippen LogP contribution in [0.4, 0.5) is 0 Å². The van der Waals surface area contributed by atoms with E-state index in [0.29, 0.717) is 10.7 Å². The van der Waals surface area contributed by atoms with Gasteiger partial charge in [0.15, 0.2) is 0 Å². The van der Waals surface area contributed by atoms with Crippen LogP contribution in [0.25, 0.3) is 11.2 Å². The lowest BCUT2D eigenvalue weighted by Gasteiger charge is -2.67. The number of halogens is 1. The minimum atomic E-state index is 0.0612. The van der Waals surface area contributed by atoms with Crippen LogP contribution in [0, 0.1) is 0 Å². The lowest BCUT2D eigenvalue weighted by atomic mass is 9.40. The van der Waals surface area contributed by atoms with Gasteiger partial charge in [-0.15, -0.1) is 0 Å². The second-order valence-corrected chi connectivity index (χ2v) is 5.61. The first kappa shape index (κ1) is 8.96. The molecule has 3 fully saturated rings. The summed E-state index contributed by atoms with van der Waals surface area (Å²) >= 11 is 5.86. The molecular formula is C11H10ClN3O. The van der Waals surface area contributed by atoms with Crippen molar-refractivity contribution in [2.75, 3.05) is 0 Å². The van der Waals surface area contributed by atoms with E-state index in [1.165, 1.54) is 0 Å². The summed E-state index contributed by atoms with van der Waals surface area (Å²) in [6.07, 6.45) is 4.53. The van der Waals surface area contributed by atoms with Crippen LogP contribution in [0.2, 0.25) is 5.02 Å². The van der Waals surface area contributed by atoms with Crippen LogP contribution in [0.15, 0.2) is 16.7 Å². The van der Waals surface area contributed by atoms with Crippen molar-refractivity contribution in [3.8, 4) is 0 Å². The molecule has 2 bridgehead atoms. The summed E-state index contributed by atoms with van der Waals surface area (Å²) in [5.74, 6) is 0.782. The highest BCUT2D eigenvalue weighted by molar-refractivity contribution is 6.30. The minimum Gasteiger partial charge on any atom is -0.422 e. The fourth-order valence-corrected chi connectivity index (χ4v) is 3.27. The Balaban J connectivity index is 1.82. The quantitative estimate of drug-likeness (QED) is 0.821. The Morgan fingerprint density at radius 3 is 2.81 bits per heavy atom. The predicted molar refractivity (Wildman–Crippen MR) is 59.3 cm³/mol. The standard InChI is InChI=1S/C11H10ClN3O/c12-6-1-7-8(14-2-6)16-9(15-7)10-3-11(13,4-10)5-10/h1-2H,3-5,13H2. The third-order valence-corrected chi connectivity index (χ3v) is 3.95. The molecule has 2 aromatic heterocycles. The lowest BCUT2D eigenvalue weighted by molar-refractivity contribution is -0.0758. The van der Waals surface area contributed by atoms with E-state index in [2.05, 4.69) is 9.97 Å². The molecule has 2 N–H and O–H groups in total. The number of hydrogen-bond donors (Lipinski definition) is 1. The summed E-state index contributed by atoms with van der Waals surface area (Å²) < 4.78 is 5.68. The molecule has 3 aliphatic rings. The van der Waals surface area contributed by atoms with Crippen LogP contribution in [-0.2, 0) is 5.41 Å². The number of pyridine rings is 1. The molecule has 3 aliphatic carbocycles. The molecule has 0 unspecified atom stereocenters. The average molecular weight is 236 g/mol. The zero-order chi connectivity index (χ0) is 11.0. The molecule has 3 saturated carbocycles. The van der Waals surface area contributed by atoms with E-state index >= 15 is 0 Å². The van der Waals surface area contributed by atoms with Crippen molar-refractivity contribution in [2.24, 2.45) is 5.73 Å². The van der Waals surface area contributed by atoms with Crippen LogP contribution >= 0.6 is 11.6 Å². The van der Waals surface area contributed by atoms with E-state index in [0.717, 1.165) is 30.7 Å². The van der Waals surface area contributed by atoms with E-state index in [1.807, 2.05) is 0 Å². The summed E-state index contributed by atoms with van der Waals surface area (Å²) in [5, 5.41) is 0.584. The number of oxazole rings is 1. The molecule has 0 radical (unpaired) electrons. The monoisotopic (exact) mass is 235 g/mol. The first-order valence-electron chi connectivity index (χ1n) is 5.30. The normalized spacial score (nSPS) is 35.9. The third-order valence-electron chi connectivity index (χ3n) is 3.74. The second-order valence-electron chi connectivity index (χ2n) is 5.17. The van der Waals surface area contributed by atoms with Crippen molar-refractivity contribution in [1.29, 1.82) is 0 Å². The van der Waals surface area contributed by atoms with Crippen LogP contribution in [-0.4, -0.2) is 15.5 Å². The highest BCUT2D eigenvalue weighted by atomic mass is 35.5. The average Bonchev–Trinajstić information content (AvgIpc) is 2.53. The van der Waals surface area contributed by atoms with Gasteiger partial charge in [0.25, 0.3) is 0 Å². The number of nitrogens with zero attached hydrogens (tertiary/aromatic N) is 2. The Bertz CT molecular complexity index is 587. The fraction of sp³-hybridized carbons (Fsp3) is 0.455. The third kappa shape index (κ3) is 0.942. The Morgan fingerprint density at radius 1 is 1.38 bits per heavy atom. The number of nitrogens with two attached hydrogens (primary N) is 1. The molecule has 0 spiro atoms. The number of hydrogen-bond acceptors (Lipinski definition) is 4. The maximum absolute atomic E-state index is 6.02. The first-order valence-corrected chi connectivity index (χ1v) is 5.68. The van der Waals surface area contributed by atoms with Gasteiger partial charge in [-0.1, -0.05) is 11.6 Å². The van der Waals surface area contributed by atoms with Gasteiger partial charge in [0.1, 0.15) is 5.52 Å². The van der Waals surface area contributed by atoms with E-state index in [-0.39, 0.29) is 11.0 Å². The summed E-state index contributed by atoms with van der Waals surface area (Å²) in [4.78, 5) is 8.58. The molecular weight excluding hydrogens is 226 g/mol. The van der Waals surface area contributed by atoms with Gasteiger partial charge >= 0.3 is 0 Å². The second kappa shape index (κ2) is 2.41. The van der Waals surface area contributed by atoms with Crippen LogP contribution < -0.4 is 5.73 Å². The molecule has 82 valence electrons. The van der Waals surface area contributed by atoms with Crippen LogP contribution in [0.5, 0.6) is 0 Å². The van der Waals surface area contributed by atoms with Crippen LogP contribution in [0.3, 0.4) is 0 Å². The lowest BCUT2D eigenvalue weighted by Crippen LogP contribution is -2.74. The molecule has 0 amide bonds. The van der Waals surface area contributed by atoms with Gasteiger partial charge in [-0.2, -0.15) is 0 Å². The number of fused-ring (bicyclic) bond motifs is 1. The maximum atomic E-state index is 6.02. The highest BCUT2D eigenvalue weighted by Gasteiger charge is 2.69. The molecule has 5 heteroatoms. The largest absolute Gasteiger partial charge is 0.422 e. The van der Waals surface area contributed by atoms with Crippen molar-refractivity contribution in [3.05, 3.63) is 23.2 Å². The summed E-state index contributed by atoms with van der Waals surface area (Å²) in [6.45, 7) is 0. The van der Waals surface area contributed by atoms with Gasteiger partial charge in [0.05, 0.1) is 10.4 Å². The van der Waals surface area contributed by atoms with Crippen molar-refractivity contribution in [2.45, 2.75) is 30.2 Å². The zero-order valence-electron chi connectivity index (χ0n) is 8.53. The van der Waals surface area contributed by atoms with Gasteiger partial charge in [0, 0.05) is 11.7 Å². The number of rotatable bonds is 1. The Kier molecular flexibility index (Phi) is 1.35. The molecule has 16 heavy (non-hydrogen) atoms. The molecule has 2 heterocycles. The minimum absolute atomic E-state index is 0.0612. The molecule has 0 saturated heterocycles. The van der Waals surface area contributed by atoms with Gasteiger partial charge in [-0.3, -0.25) is 0 Å². The van der Waals surface area contributed by atoms with Crippen molar-refractivity contribution in [1.82, 2.24) is 9.97 Å². The van der Waals surface area contributed by atoms with Crippen LogP contribution in [0.1, 0.15) is 25.2 Å². The molecule has 0 aromatic carbocycles. The Hall–Kier alpha value is -1.13. The first-order chi connectivity index (χ1) is 7.59. The SMILES string of the molecule is NC12CC(c3nc4cc(Cl)cnc4o3)(C1)C2. The Morgan fingerprint density at radius 2 is 2.12 bits per heavy atom. The topological polar surface area (TPSA) is 64.9 Å². The van der Waals surface area contributed by atoms with E-state index in [9.17, 15) is 0 Å². The fourth-order valence-electron chi connectivity index (χ4n) is 3.12. The van der Waals surface area contributed by atoms with E-state index in [4.69, 9.17) is 21.8 Å². The van der Waals surface area contributed by atoms with Gasteiger partial charge in [0.2, 0.25) is 11.6 Å². The summed E-state index contributed by atoms with van der Waals surface area (Å²) in [5.41, 5.74) is 7.48. The van der Waals surface area contributed by atoms with Crippen molar-refractivity contribution < 1.29 is 4.42 Å². The molecule has 2 aromatic rings. The summed E-state index contributed by atoms with van der Waals surface area (Å²) in [7, 11) is 0. The molecule has 4 nitrogen and oxygen atoms in total.